The van der Waals surface area contributed by atoms with E-state index >= 15 is 0 Å². The third-order valence-electron chi connectivity index (χ3n) is 1.16. The van der Waals surface area contributed by atoms with Crippen LogP contribution in [0.3, 0.4) is 0 Å². The van der Waals surface area contributed by atoms with Crippen LogP contribution in [-0.2, 0) is 23.2 Å². The van der Waals surface area contributed by atoms with Crippen LogP contribution in [0.15, 0.2) is 21.5 Å². The number of hydrogen-bond acceptors (Lipinski definition) is 0. The normalized spacial score (nSPS) is 19.6. The Morgan fingerprint density at radius 3 is 3.00 bits per heavy atom. The van der Waals surface area contributed by atoms with E-state index in [1.165, 1.54) is 6.42 Å². The summed E-state index contributed by atoms with van der Waals surface area (Å²) in [4.78, 5) is 0. The Kier molecular flexibility index (Phi) is 3.22. The first-order chi connectivity index (χ1) is 4.29. The molecular formula is C7H9ClZr. The number of hydrogen-bond donors (Lipinski definition) is 0. The molecule has 0 nitrogen and oxygen atoms in total. The van der Waals surface area contributed by atoms with Crippen LogP contribution in [0.2, 0.25) is 0 Å². The van der Waals surface area contributed by atoms with E-state index in [4.69, 9.17) is 11.6 Å². The molecule has 0 radical (unpaired) electrons. The SMILES string of the molecule is C[CH](Cl)[Zr][C]1=CC=CC1. The number of halogens is 1. The molecule has 0 aromatic rings. The van der Waals surface area contributed by atoms with Crippen molar-refractivity contribution in [1.29, 1.82) is 0 Å². The van der Waals surface area contributed by atoms with Gasteiger partial charge in [-0.3, -0.25) is 0 Å². The second-order valence-corrected chi connectivity index (χ2v) is 8.06. The maximum absolute atomic E-state index is 5.86. The standard InChI is InChI=1S/C5H5.C2H4Cl.Zr/c1-2-4-5-3-1;1-2-3;/h1-3H,4H2;2H,1H3;. The zero-order valence-electron chi connectivity index (χ0n) is 5.39. The van der Waals surface area contributed by atoms with Crippen LogP contribution in [0.1, 0.15) is 13.3 Å². The summed E-state index contributed by atoms with van der Waals surface area (Å²) in [6.45, 7) is 2.10. The van der Waals surface area contributed by atoms with Crippen LogP contribution >= 0.6 is 11.6 Å². The Balaban J connectivity index is 2.30. The van der Waals surface area contributed by atoms with Crippen molar-refractivity contribution in [3.05, 3.63) is 21.5 Å². The number of allylic oxidation sites excluding steroid dienone is 4. The molecule has 0 spiro atoms. The molecule has 0 saturated heterocycles. The molecule has 0 aliphatic heterocycles. The molecular weight excluding hydrogens is 211 g/mol. The van der Waals surface area contributed by atoms with Crippen molar-refractivity contribution in [2.45, 2.75) is 16.4 Å². The van der Waals surface area contributed by atoms with Crippen LogP contribution < -0.4 is 0 Å². The molecule has 0 bridgehead atoms. The van der Waals surface area contributed by atoms with E-state index in [2.05, 4.69) is 25.2 Å². The summed E-state index contributed by atoms with van der Waals surface area (Å²) < 4.78 is 2.08. The fraction of sp³-hybridized carbons (Fsp3) is 0.429. The van der Waals surface area contributed by atoms with Gasteiger partial charge in [0.2, 0.25) is 0 Å². The molecule has 0 heterocycles. The van der Waals surface area contributed by atoms with Gasteiger partial charge in [0.1, 0.15) is 0 Å². The molecule has 0 N–H and O–H groups in total. The molecule has 0 saturated carbocycles. The summed E-state index contributed by atoms with van der Waals surface area (Å²) in [6.07, 6.45) is 7.75. The summed E-state index contributed by atoms with van der Waals surface area (Å²) in [5, 5.41) is 0. The van der Waals surface area contributed by atoms with E-state index in [0.29, 0.717) is 3.08 Å². The third kappa shape index (κ3) is 2.82. The summed E-state index contributed by atoms with van der Waals surface area (Å²) in [5.41, 5.74) is 0. The molecule has 0 amide bonds. The summed E-state index contributed by atoms with van der Waals surface area (Å²) in [5.74, 6) is 0. The van der Waals surface area contributed by atoms with Gasteiger partial charge < -0.3 is 0 Å². The van der Waals surface area contributed by atoms with E-state index in [9.17, 15) is 0 Å². The Bertz CT molecular complexity index is 147. The minimum absolute atomic E-state index is 0.371. The predicted molar refractivity (Wildman–Crippen MR) is 37.2 cm³/mol. The van der Waals surface area contributed by atoms with Gasteiger partial charge in [0.15, 0.2) is 0 Å². The van der Waals surface area contributed by atoms with Crippen LogP contribution in [0.4, 0.5) is 0 Å². The van der Waals surface area contributed by atoms with Gasteiger partial charge in [0, 0.05) is 0 Å². The first kappa shape index (κ1) is 7.76. The van der Waals surface area contributed by atoms with Gasteiger partial charge in [-0.25, -0.2) is 0 Å². The van der Waals surface area contributed by atoms with Gasteiger partial charge in [-0.15, -0.1) is 0 Å². The number of alkyl halides is 1. The van der Waals surface area contributed by atoms with Gasteiger partial charge in [0.05, 0.1) is 0 Å². The van der Waals surface area contributed by atoms with E-state index in [1.54, 1.807) is 3.28 Å². The number of rotatable bonds is 2. The van der Waals surface area contributed by atoms with Gasteiger partial charge in [0.25, 0.3) is 0 Å². The van der Waals surface area contributed by atoms with E-state index in [0.717, 1.165) is 0 Å². The van der Waals surface area contributed by atoms with Crippen molar-refractivity contribution >= 4 is 11.6 Å². The molecule has 0 aromatic heterocycles. The van der Waals surface area contributed by atoms with E-state index in [-0.39, 0.29) is 23.2 Å². The average Bonchev–Trinajstić information content (AvgIpc) is 2.15. The van der Waals surface area contributed by atoms with Crippen molar-refractivity contribution < 1.29 is 23.2 Å². The van der Waals surface area contributed by atoms with Crippen molar-refractivity contribution in [2.24, 2.45) is 0 Å². The van der Waals surface area contributed by atoms with Gasteiger partial charge in [-0.05, 0) is 0 Å². The first-order valence-corrected chi connectivity index (χ1v) is 6.14. The predicted octanol–water partition coefficient (Wildman–Crippen LogP) is 2.50. The van der Waals surface area contributed by atoms with Crippen LogP contribution in [-0.4, -0.2) is 3.08 Å². The molecule has 0 aromatic carbocycles. The van der Waals surface area contributed by atoms with Crippen LogP contribution in [0.25, 0.3) is 0 Å². The van der Waals surface area contributed by atoms with Gasteiger partial charge >= 0.3 is 72.8 Å². The van der Waals surface area contributed by atoms with Crippen molar-refractivity contribution in [3.8, 4) is 0 Å². The third-order valence-corrected chi connectivity index (χ3v) is 4.60. The fourth-order valence-electron chi connectivity index (χ4n) is 0.810. The fourth-order valence-corrected chi connectivity index (χ4v) is 3.95. The van der Waals surface area contributed by atoms with Crippen molar-refractivity contribution in [3.63, 3.8) is 0 Å². The molecule has 1 unspecified atom stereocenters. The van der Waals surface area contributed by atoms with Crippen molar-refractivity contribution in [2.75, 3.05) is 0 Å². The maximum atomic E-state index is 5.86. The Morgan fingerprint density at radius 2 is 2.56 bits per heavy atom. The Hall–Kier alpha value is 0.653. The van der Waals surface area contributed by atoms with Crippen LogP contribution in [0.5, 0.6) is 0 Å². The molecule has 2 heteroatoms. The van der Waals surface area contributed by atoms with Gasteiger partial charge in [-0.2, -0.15) is 0 Å². The Morgan fingerprint density at radius 1 is 1.78 bits per heavy atom. The molecule has 1 atom stereocenters. The molecule has 1 aliphatic carbocycles. The van der Waals surface area contributed by atoms with E-state index < -0.39 is 0 Å². The quantitative estimate of drug-likeness (QED) is 0.627. The van der Waals surface area contributed by atoms with Crippen LogP contribution in [0, 0.1) is 0 Å². The zero-order chi connectivity index (χ0) is 6.69. The minimum atomic E-state index is -0.371. The molecule has 9 heavy (non-hydrogen) atoms. The second-order valence-electron chi connectivity index (χ2n) is 2.08. The second kappa shape index (κ2) is 3.73. The topological polar surface area (TPSA) is 0 Å². The molecule has 0 fully saturated rings. The molecule has 1 aliphatic rings. The zero-order valence-corrected chi connectivity index (χ0v) is 8.61. The summed E-state index contributed by atoms with van der Waals surface area (Å²) in [7, 11) is 0. The molecule has 48 valence electrons. The van der Waals surface area contributed by atoms with E-state index in [1.807, 2.05) is 0 Å². The first-order valence-electron chi connectivity index (χ1n) is 3.05. The van der Waals surface area contributed by atoms with Crippen molar-refractivity contribution in [1.82, 2.24) is 0 Å². The summed E-state index contributed by atoms with van der Waals surface area (Å²) >= 11 is 5.49. The monoisotopic (exact) mass is 218 g/mol. The average molecular weight is 220 g/mol. The Labute approximate surface area is 72.5 Å². The summed E-state index contributed by atoms with van der Waals surface area (Å²) in [6, 6.07) is 0. The molecule has 1 rings (SSSR count). The van der Waals surface area contributed by atoms with Gasteiger partial charge in [-0.1, -0.05) is 0 Å².